The Morgan fingerprint density at radius 3 is 2.52 bits per heavy atom. The molecule has 0 saturated heterocycles. The first-order valence-corrected chi connectivity index (χ1v) is 7.89. The molecule has 0 aliphatic carbocycles. The van der Waals surface area contributed by atoms with Crippen molar-refractivity contribution in [2.75, 3.05) is 0 Å². The molecule has 5 nitrogen and oxygen atoms in total. The molecule has 0 atom stereocenters. The van der Waals surface area contributed by atoms with Gasteiger partial charge in [-0.2, -0.15) is 14.9 Å². The summed E-state index contributed by atoms with van der Waals surface area (Å²) in [4.78, 5) is 0. The highest BCUT2D eigenvalue weighted by Gasteiger charge is 2.09. The topological polar surface area (TPSA) is 50.9 Å². The van der Waals surface area contributed by atoms with E-state index in [4.69, 9.17) is 23.8 Å². The van der Waals surface area contributed by atoms with Gasteiger partial charge in [-0.15, -0.1) is 0 Å². The number of hydrogen-bond acceptors (Lipinski definition) is 3. The van der Waals surface area contributed by atoms with Crippen molar-refractivity contribution >= 4 is 30.0 Å². The van der Waals surface area contributed by atoms with E-state index in [1.807, 2.05) is 31.2 Å². The first-order chi connectivity index (χ1) is 11.0. The highest BCUT2D eigenvalue weighted by molar-refractivity contribution is 7.71. The van der Waals surface area contributed by atoms with Crippen LogP contribution in [0.2, 0.25) is 5.02 Å². The molecule has 0 bridgehead atoms. The van der Waals surface area contributed by atoms with Crippen molar-refractivity contribution in [2.24, 2.45) is 5.10 Å². The van der Waals surface area contributed by atoms with Gasteiger partial charge in [0.15, 0.2) is 0 Å². The number of H-pyrrole nitrogens is 1. The first-order valence-electron chi connectivity index (χ1n) is 7.10. The van der Waals surface area contributed by atoms with E-state index in [9.17, 15) is 0 Å². The number of aromatic nitrogens is 4. The van der Waals surface area contributed by atoms with Crippen LogP contribution in [0, 0.1) is 25.5 Å². The minimum Gasteiger partial charge on any atom is -0.318 e. The van der Waals surface area contributed by atoms with E-state index in [2.05, 4.69) is 39.8 Å². The zero-order valence-corrected chi connectivity index (χ0v) is 14.6. The van der Waals surface area contributed by atoms with Gasteiger partial charge < -0.3 is 4.57 Å². The molecule has 2 heterocycles. The average molecular weight is 346 g/mol. The summed E-state index contributed by atoms with van der Waals surface area (Å²) >= 11 is 11.1. The molecule has 23 heavy (non-hydrogen) atoms. The maximum atomic E-state index is 5.97. The number of nitrogens with one attached hydrogen (secondary N) is 1. The Labute approximate surface area is 144 Å². The van der Waals surface area contributed by atoms with Crippen molar-refractivity contribution in [2.45, 2.75) is 20.8 Å². The fraction of sp³-hybridized carbons (Fsp3) is 0.188. The number of nitrogens with zero attached hydrogens (tertiary/aromatic N) is 4. The number of rotatable bonds is 3. The highest BCUT2D eigenvalue weighted by Crippen LogP contribution is 2.21. The molecule has 3 aromatic rings. The van der Waals surface area contributed by atoms with Crippen LogP contribution in [0.15, 0.2) is 35.4 Å². The highest BCUT2D eigenvalue weighted by atomic mass is 35.5. The molecule has 0 spiro atoms. The Balaban J connectivity index is 2.01. The van der Waals surface area contributed by atoms with E-state index in [0.717, 1.165) is 33.5 Å². The van der Waals surface area contributed by atoms with Gasteiger partial charge in [0.2, 0.25) is 4.77 Å². The largest absolute Gasteiger partial charge is 0.318 e. The van der Waals surface area contributed by atoms with Gasteiger partial charge in [0.05, 0.1) is 6.21 Å². The molecule has 7 heteroatoms. The Morgan fingerprint density at radius 1 is 1.22 bits per heavy atom. The second-order valence-electron chi connectivity index (χ2n) is 5.27. The summed E-state index contributed by atoms with van der Waals surface area (Å²) in [5.41, 5.74) is 4.32. The van der Waals surface area contributed by atoms with E-state index in [1.54, 1.807) is 10.9 Å². The van der Waals surface area contributed by atoms with Crippen LogP contribution in [-0.2, 0) is 0 Å². The lowest BCUT2D eigenvalue weighted by molar-refractivity contribution is 0.820. The third-order valence-corrected chi connectivity index (χ3v) is 4.20. The fourth-order valence-corrected chi connectivity index (χ4v) is 2.88. The molecule has 118 valence electrons. The van der Waals surface area contributed by atoms with Crippen molar-refractivity contribution in [3.63, 3.8) is 0 Å². The Kier molecular flexibility index (Phi) is 4.19. The average Bonchev–Trinajstić information content (AvgIpc) is 2.98. The molecule has 2 aromatic heterocycles. The molecular formula is C16H16ClN5S. The Morgan fingerprint density at radius 2 is 1.91 bits per heavy atom. The third-order valence-electron chi connectivity index (χ3n) is 3.68. The number of hydrogen-bond donors (Lipinski definition) is 1. The molecule has 0 unspecified atom stereocenters. The van der Waals surface area contributed by atoms with E-state index >= 15 is 0 Å². The molecule has 3 rings (SSSR count). The van der Waals surface area contributed by atoms with Crippen molar-refractivity contribution in [3.8, 4) is 5.69 Å². The lowest BCUT2D eigenvalue weighted by Crippen LogP contribution is -1.99. The monoisotopic (exact) mass is 345 g/mol. The zero-order valence-electron chi connectivity index (χ0n) is 13.0. The molecular weight excluding hydrogens is 330 g/mol. The van der Waals surface area contributed by atoms with Gasteiger partial charge in [0.25, 0.3) is 0 Å². The van der Waals surface area contributed by atoms with Crippen LogP contribution in [0.4, 0.5) is 0 Å². The van der Waals surface area contributed by atoms with Crippen LogP contribution in [-0.4, -0.2) is 25.7 Å². The molecule has 0 aliphatic heterocycles. The molecule has 0 aliphatic rings. The standard InChI is InChI=1S/C16H16ClN5S/c1-10-8-13(9-18-22-12(3)19-20-16(22)23)11(2)21(10)15-6-4-14(17)5-7-15/h4-9H,1-3H3,(H,20,23)/b18-9-. The maximum Gasteiger partial charge on any atom is 0.216 e. The Bertz CT molecular complexity index is 931. The van der Waals surface area contributed by atoms with Gasteiger partial charge in [-0.1, -0.05) is 11.6 Å². The molecule has 0 amide bonds. The summed E-state index contributed by atoms with van der Waals surface area (Å²) in [6, 6.07) is 9.86. The molecule has 0 radical (unpaired) electrons. The molecule has 1 aromatic carbocycles. The van der Waals surface area contributed by atoms with Crippen LogP contribution in [0.1, 0.15) is 22.8 Å². The SMILES string of the molecule is Cc1cc(/C=N\n2c(C)n[nH]c2=S)c(C)n1-c1ccc(Cl)cc1. The maximum absolute atomic E-state index is 5.97. The smallest absolute Gasteiger partial charge is 0.216 e. The predicted octanol–water partition coefficient (Wildman–Crippen LogP) is 4.19. The van der Waals surface area contributed by atoms with Crippen molar-refractivity contribution in [1.29, 1.82) is 0 Å². The van der Waals surface area contributed by atoms with Crippen LogP contribution in [0.25, 0.3) is 5.69 Å². The summed E-state index contributed by atoms with van der Waals surface area (Å²) in [7, 11) is 0. The van der Waals surface area contributed by atoms with E-state index in [1.165, 1.54) is 0 Å². The number of aryl methyl sites for hydroxylation is 2. The summed E-state index contributed by atoms with van der Waals surface area (Å²) in [6.45, 7) is 5.97. The fourth-order valence-electron chi connectivity index (χ4n) is 2.53. The summed E-state index contributed by atoms with van der Waals surface area (Å²) in [5.74, 6) is 0.720. The van der Waals surface area contributed by atoms with Crippen LogP contribution in [0.5, 0.6) is 0 Å². The summed E-state index contributed by atoms with van der Waals surface area (Å²) in [6.07, 6.45) is 1.80. The van der Waals surface area contributed by atoms with E-state index in [0.29, 0.717) is 4.77 Å². The zero-order chi connectivity index (χ0) is 16.6. The van der Waals surface area contributed by atoms with E-state index in [-0.39, 0.29) is 0 Å². The van der Waals surface area contributed by atoms with Crippen LogP contribution in [0.3, 0.4) is 0 Å². The summed E-state index contributed by atoms with van der Waals surface area (Å²) < 4.78 is 4.24. The molecule has 0 fully saturated rings. The van der Waals surface area contributed by atoms with Gasteiger partial charge in [0, 0.05) is 27.7 Å². The van der Waals surface area contributed by atoms with Crippen molar-refractivity contribution in [1.82, 2.24) is 19.4 Å². The second-order valence-corrected chi connectivity index (χ2v) is 6.09. The van der Waals surface area contributed by atoms with Gasteiger partial charge in [-0.05, 0) is 63.3 Å². The summed E-state index contributed by atoms with van der Waals surface area (Å²) in [5, 5.41) is 11.9. The normalized spacial score (nSPS) is 11.5. The van der Waals surface area contributed by atoms with E-state index < -0.39 is 0 Å². The van der Waals surface area contributed by atoms with Gasteiger partial charge in [-0.3, -0.25) is 5.10 Å². The van der Waals surface area contributed by atoms with Crippen molar-refractivity contribution < 1.29 is 0 Å². The van der Waals surface area contributed by atoms with Crippen LogP contribution >= 0.6 is 23.8 Å². The van der Waals surface area contributed by atoms with Gasteiger partial charge in [0.1, 0.15) is 5.82 Å². The third kappa shape index (κ3) is 3.00. The van der Waals surface area contributed by atoms with Gasteiger partial charge in [-0.25, -0.2) is 0 Å². The predicted molar refractivity (Wildman–Crippen MR) is 95.4 cm³/mol. The minimum atomic E-state index is 0.477. The molecule has 1 N–H and O–H groups in total. The lowest BCUT2D eigenvalue weighted by Gasteiger charge is -2.09. The second kappa shape index (κ2) is 6.14. The van der Waals surface area contributed by atoms with Gasteiger partial charge >= 0.3 is 0 Å². The quantitative estimate of drug-likeness (QED) is 0.571. The Hall–Kier alpha value is -2.18. The lowest BCUT2D eigenvalue weighted by atomic mass is 10.2. The number of aromatic amines is 1. The van der Waals surface area contributed by atoms with Crippen LogP contribution < -0.4 is 0 Å². The number of halogens is 1. The van der Waals surface area contributed by atoms with Crippen molar-refractivity contribution in [3.05, 3.63) is 62.9 Å². The molecule has 0 saturated carbocycles. The number of benzene rings is 1. The first kappa shape index (κ1) is 15.7. The minimum absolute atomic E-state index is 0.477.